The average Bonchev–Trinajstić information content (AvgIpc) is 2.57. The van der Waals surface area contributed by atoms with Crippen LogP contribution in [0.5, 0.6) is 0 Å². The quantitative estimate of drug-likeness (QED) is 0.688. The van der Waals surface area contributed by atoms with Crippen molar-refractivity contribution >= 4 is 5.69 Å². The minimum Gasteiger partial charge on any atom is -0.397 e. The molecule has 2 N–H and O–H groups in total. The number of nitrogens with zero attached hydrogens (tertiary/aromatic N) is 1. The molecule has 2 rings (SSSR count). The van der Waals surface area contributed by atoms with Crippen molar-refractivity contribution in [2.24, 2.45) is 0 Å². The van der Waals surface area contributed by atoms with E-state index >= 15 is 0 Å². The highest BCUT2D eigenvalue weighted by atomic mass is 14.7. The fourth-order valence-corrected chi connectivity index (χ4v) is 1.97. The molecular formula is C10H14N2. The van der Waals surface area contributed by atoms with Crippen molar-refractivity contribution in [3.05, 3.63) is 24.0 Å². The van der Waals surface area contributed by atoms with Gasteiger partial charge >= 0.3 is 0 Å². The Hall–Kier alpha value is -1.05. The predicted molar refractivity (Wildman–Crippen MR) is 49.9 cm³/mol. The summed E-state index contributed by atoms with van der Waals surface area (Å²) in [6.45, 7) is 0. The van der Waals surface area contributed by atoms with Gasteiger partial charge in [-0.05, 0) is 25.0 Å². The van der Waals surface area contributed by atoms with Gasteiger partial charge in [0.1, 0.15) is 0 Å². The molecule has 1 aromatic rings. The van der Waals surface area contributed by atoms with E-state index in [9.17, 15) is 0 Å². The summed E-state index contributed by atoms with van der Waals surface area (Å²) in [5.74, 6) is 0.631. The Morgan fingerprint density at radius 3 is 2.75 bits per heavy atom. The maximum Gasteiger partial charge on any atom is 0.0663 e. The van der Waals surface area contributed by atoms with Gasteiger partial charge in [-0.25, -0.2) is 0 Å². The van der Waals surface area contributed by atoms with E-state index in [0.29, 0.717) is 5.92 Å². The van der Waals surface area contributed by atoms with E-state index in [0.717, 1.165) is 11.4 Å². The summed E-state index contributed by atoms with van der Waals surface area (Å²) < 4.78 is 0. The van der Waals surface area contributed by atoms with Crippen molar-refractivity contribution in [3.8, 4) is 0 Å². The number of nitrogens with two attached hydrogens (primary N) is 1. The van der Waals surface area contributed by atoms with Crippen molar-refractivity contribution in [2.75, 3.05) is 5.73 Å². The van der Waals surface area contributed by atoms with Gasteiger partial charge in [0.2, 0.25) is 0 Å². The number of nitrogen functional groups attached to an aromatic ring is 1. The Bertz CT molecular complexity index is 264. The number of pyridine rings is 1. The van der Waals surface area contributed by atoms with E-state index in [1.54, 1.807) is 0 Å². The van der Waals surface area contributed by atoms with Gasteiger partial charge in [0.05, 0.1) is 11.4 Å². The van der Waals surface area contributed by atoms with Gasteiger partial charge in [-0.3, -0.25) is 4.98 Å². The zero-order valence-electron chi connectivity index (χ0n) is 7.16. The maximum absolute atomic E-state index is 5.84. The Labute approximate surface area is 72.8 Å². The molecule has 1 saturated carbocycles. The Morgan fingerprint density at radius 1 is 1.33 bits per heavy atom. The van der Waals surface area contributed by atoms with Crippen LogP contribution >= 0.6 is 0 Å². The van der Waals surface area contributed by atoms with Gasteiger partial charge in [0, 0.05) is 12.1 Å². The molecule has 0 aliphatic heterocycles. The lowest BCUT2D eigenvalue weighted by atomic mass is 10.0. The molecule has 1 fully saturated rings. The van der Waals surface area contributed by atoms with Crippen molar-refractivity contribution < 1.29 is 0 Å². The molecule has 0 bridgehead atoms. The van der Waals surface area contributed by atoms with Crippen LogP contribution < -0.4 is 5.73 Å². The fourth-order valence-electron chi connectivity index (χ4n) is 1.97. The molecule has 0 spiro atoms. The minimum atomic E-state index is 0.631. The van der Waals surface area contributed by atoms with Crippen LogP contribution in [0.1, 0.15) is 37.3 Å². The van der Waals surface area contributed by atoms with Crippen molar-refractivity contribution in [1.82, 2.24) is 4.98 Å². The van der Waals surface area contributed by atoms with Crippen LogP contribution in [0.2, 0.25) is 0 Å². The topological polar surface area (TPSA) is 38.9 Å². The molecule has 0 atom stereocenters. The highest BCUT2D eigenvalue weighted by Gasteiger charge is 2.19. The third kappa shape index (κ3) is 1.29. The SMILES string of the molecule is Nc1cccnc1C1CCCC1. The summed E-state index contributed by atoms with van der Waals surface area (Å²) in [5.41, 5.74) is 7.82. The monoisotopic (exact) mass is 162 g/mol. The first-order chi connectivity index (χ1) is 5.88. The lowest BCUT2D eigenvalue weighted by Gasteiger charge is -2.09. The second-order valence-electron chi connectivity index (χ2n) is 3.46. The summed E-state index contributed by atoms with van der Waals surface area (Å²) >= 11 is 0. The summed E-state index contributed by atoms with van der Waals surface area (Å²) in [6.07, 6.45) is 7.04. The standard InChI is InChI=1S/C10H14N2/c11-9-6-3-7-12-10(9)8-4-1-2-5-8/h3,6-8H,1-2,4-5,11H2. The molecule has 1 heterocycles. The number of anilines is 1. The van der Waals surface area contributed by atoms with E-state index in [1.807, 2.05) is 18.3 Å². The maximum atomic E-state index is 5.84. The van der Waals surface area contributed by atoms with Gasteiger partial charge in [0.15, 0.2) is 0 Å². The van der Waals surface area contributed by atoms with Crippen LogP contribution in [0.4, 0.5) is 5.69 Å². The molecular weight excluding hydrogens is 148 g/mol. The van der Waals surface area contributed by atoms with Crippen LogP contribution in [0.25, 0.3) is 0 Å². The largest absolute Gasteiger partial charge is 0.397 e. The van der Waals surface area contributed by atoms with Gasteiger partial charge in [-0.15, -0.1) is 0 Å². The molecule has 0 saturated heterocycles. The molecule has 1 aliphatic carbocycles. The Morgan fingerprint density at radius 2 is 2.08 bits per heavy atom. The molecule has 0 aromatic carbocycles. The first-order valence-electron chi connectivity index (χ1n) is 4.58. The number of aromatic nitrogens is 1. The molecule has 1 aliphatic rings. The van der Waals surface area contributed by atoms with Crippen molar-refractivity contribution in [1.29, 1.82) is 0 Å². The van der Waals surface area contributed by atoms with E-state index in [4.69, 9.17) is 5.73 Å². The van der Waals surface area contributed by atoms with E-state index in [1.165, 1.54) is 25.7 Å². The molecule has 0 amide bonds. The first-order valence-corrected chi connectivity index (χ1v) is 4.58. The van der Waals surface area contributed by atoms with Gasteiger partial charge in [-0.2, -0.15) is 0 Å². The van der Waals surface area contributed by atoms with Gasteiger partial charge in [0.25, 0.3) is 0 Å². The minimum absolute atomic E-state index is 0.631. The van der Waals surface area contributed by atoms with Crippen LogP contribution in [-0.2, 0) is 0 Å². The number of hydrogen-bond acceptors (Lipinski definition) is 2. The highest BCUT2D eigenvalue weighted by molar-refractivity contribution is 5.44. The smallest absolute Gasteiger partial charge is 0.0663 e. The van der Waals surface area contributed by atoms with Gasteiger partial charge in [-0.1, -0.05) is 12.8 Å². The Balaban J connectivity index is 2.26. The van der Waals surface area contributed by atoms with Crippen LogP contribution in [0.15, 0.2) is 18.3 Å². The zero-order chi connectivity index (χ0) is 8.39. The number of hydrogen-bond donors (Lipinski definition) is 1. The van der Waals surface area contributed by atoms with E-state index < -0.39 is 0 Å². The van der Waals surface area contributed by atoms with Crippen molar-refractivity contribution in [3.63, 3.8) is 0 Å². The fraction of sp³-hybridized carbons (Fsp3) is 0.500. The first kappa shape index (κ1) is 7.59. The van der Waals surface area contributed by atoms with Crippen LogP contribution in [0, 0.1) is 0 Å². The van der Waals surface area contributed by atoms with E-state index in [-0.39, 0.29) is 0 Å². The molecule has 12 heavy (non-hydrogen) atoms. The second kappa shape index (κ2) is 3.13. The predicted octanol–water partition coefficient (Wildman–Crippen LogP) is 2.32. The molecule has 0 unspecified atom stereocenters. The van der Waals surface area contributed by atoms with Crippen LogP contribution in [0.3, 0.4) is 0 Å². The highest BCUT2D eigenvalue weighted by Crippen LogP contribution is 2.35. The molecule has 64 valence electrons. The molecule has 2 heteroatoms. The van der Waals surface area contributed by atoms with Crippen molar-refractivity contribution in [2.45, 2.75) is 31.6 Å². The molecule has 1 aromatic heterocycles. The lowest BCUT2D eigenvalue weighted by Crippen LogP contribution is -2.01. The third-order valence-corrected chi connectivity index (χ3v) is 2.61. The average molecular weight is 162 g/mol. The summed E-state index contributed by atoms with van der Waals surface area (Å²) in [5, 5.41) is 0. The number of rotatable bonds is 1. The van der Waals surface area contributed by atoms with E-state index in [2.05, 4.69) is 4.98 Å². The molecule has 0 radical (unpaired) electrons. The summed E-state index contributed by atoms with van der Waals surface area (Å²) in [7, 11) is 0. The summed E-state index contributed by atoms with van der Waals surface area (Å²) in [6, 6.07) is 3.84. The zero-order valence-corrected chi connectivity index (χ0v) is 7.16. The third-order valence-electron chi connectivity index (χ3n) is 2.61. The van der Waals surface area contributed by atoms with Gasteiger partial charge < -0.3 is 5.73 Å². The van der Waals surface area contributed by atoms with Crippen LogP contribution in [-0.4, -0.2) is 4.98 Å². The summed E-state index contributed by atoms with van der Waals surface area (Å²) in [4.78, 5) is 4.34. The Kier molecular flexibility index (Phi) is 1.98. The normalized spacial score (nSPS) is 18.3. The molecule has 2 nitrogen and oxygen atoms in total. The second-order valence-corrected chi connectivity index (χ2v) is 3.46. The lowest BCUT2D eigenvalue weighted by molar-refractivity contribution is 0.700.